The van der Waals surface area contributed by atoms with Gasteiger partial charge in [0.2, 0.25) is 0 Å². The number of rotatable bonds is 5. The van der Waals surface area contributed by atoms with Gasteiger partial charge in [-0.05, 0) is 18.1 Å². The van der Waals surface area contributed by atoms with E-state index in [2.05, 4.69) is 12.6 Å². The first-order valence-electron chi connectivity index (χ1n) is 5.07. The smallest absolute Gasteiger partial charge is 0.310 e. The van der Waals surface area contributed by atoms with Crippen molar-refractivity contribution in [2.75, 3.05) is 6.61 Å². The van der Waals surface area contributed by atoms with Gasteiger partial charge in [0.05, 0.1) is 13.0 Å². The molecule has 0 saturated heterocycles. The molecule has 1 rings (SSSR count). The van der Waals surface area contributed by atoms with Crippen LogP contribution in [-0.2, 0) is 27.2 Å². The number of hydrogen-bond acceptors (Lipinski definition) is 3. The Morgan fingerprint density at radius 3 is 2.06 bits per heavy atom. The second kappa shape index (κ2) is 6.33. The number of benzene rings is 1. The van der Waals surface area contributed by atoms with Crippen LogP contribution in [0.5, 0.6) is 0 Å². The van der Waals surface area contributed by atoms with Crippen molar-refractivity contribution in [3.05, 3.63) is 35.4 Å². The third kappa shape index (κ3) is 4.49. The van der Waals surface area contributed by atoms with E-state index in [-0.39, 0.29) is 17.5 Å². The fraction of sp³-hybridized carbons (Fsp3) is 0.333. The highest BCUT2D eigenvalue weighted by atomic mass is 32.1. The Hall–Kier alpha value is -1.29. The van der Waals surface area contributed by atoms with Gasteiger partial charge in [-0.3, -0.25) is 9.59 Å². The molecular formula is C12H14O3S. The molecule has 1 aromatic rings. The minimum atomic E-state index is -0.236. The van der Waals surface area contributed by atoms with Crippen LogP contribution in [0.3, 0.4) is 0 Å². The van der Waals surface area contributed by atoms with Crippen LogP contribution < -0.4 is 0 Å². The molecule has 0 aliphatic heterocycles. The Morgan fingerprint density at radius 1 is 1.12 bits per heavy atom. The third-order valence-corrected chi connectivity index (χ3v) is 2.19. The predicted octanol–water partition coefficient (Wildman–Crippen LogP) is 1.79. The summed E-state index contributed by atoms with van der Waals surface area (Å²) in [6.07, 6.45) is 0.575. The minimum Gasteiger partial charge on any atom is -0.466 e. The van der Waals surface area contributed by atoms with E-state index in [9.17, 15) is 9.59 Å². The molecule has 0 spiro atoms. The number of carbonyl (C=O) groups excluding carboxylic acids is 2. The molecule has 0 N–H and O–H groups in total. The molecule has 3 nitrogen and oxygen atoms in total. The quantitative estimate of drug-likeness (QED) is 0.628. The lowest BCUT2D eigenvalue weighted by Crippen LogP contribution is -2.07. The number of carbonyl (C=O) groups is 2. The van der Waals surface area contributed by atoms with E-state index < -0.39 is 0 Å². The first-order chi connectivity index (χ1) is 7.61. The minimum absolute atomic E-state index is 0.168. The summed E-state index contributed by atoms with van der Waals surface area (Å²) in [4.78, 5) is 21.9. The van der Waals surface area contributed by atoms with Gasteiger partial charge in [-0.2, -0.15) is 0 Å². The predicted molar refractivity (Wildman–Crippen MR) is 64.5 cm³/mol. The first kappa shape index (κ1) is 12.8. The summed E-state index contributed by atoms with van der Waals surface area (Å²) >= 11 is 3.71. The maximum Gasteiger partial charge on any atom is 0.310 e. The molecule has 0 atom stereocenters. The van der Waals surface area contributed by atoms with E-state index in [0.29, 0.717) is 13.0 Å². The molecule has 1 aromatic carbocycles. The molecule has 16 heavy (non-hydrogen) atoms. The third-order valence-electron chi connectivity index (χ3n) is 2.03. The van der Waals surface area contributed by atoms with Crippen molar-refractivity contribution in [3.8, 4) is 0 Å². The summed E-state index contributed by atoms with van der Waals surface area (Å²) in [6.45, 7) is 2.17. The number of hydrogen-bond donors (Lipinski definition) is 1. The van der Waals surface area contributed by atoms with Gasteiger partial charge in [0.25, 0.3) is 0 Å². The van der Waals surface area contributed by atoms with Gasteiger partial charge in [0.15, 0.2) is 5.12 Å². The van der Waals surface area contributed by atoms with Crippen molar-refractivity contribution in [2.24, 2.45) is 0 Å². The Bertz CT molecular complexity index is 370. The lowest BCUT2D eigenvalue weighted by Gasteiger charge is -2.03. The highest BCUT2D eigenvalue weighted by Crippen LogP contribution is 2.07. The fourth-order valence-electron chi connectivity index (χ4n) is 1.33. The van der Waals surface area contributed by atoms with E-state index in [1.165, 1.54) is 0 Å². The second-order valence-corrected chi connectivity index (χ2v) is 3.87. The lowest BCUT2D eigenvalue weighted by atomic mass is 10.1. The molecule has 0 fully saturated rings. The summed E-state index contributed by atoms with van der Waals surface area (Å²) in [5.41, 5.74) is 1.78. The van der Waals surface area contributed by atoms with E-state index >= 15 is 0 Å². The van der Waals surface area contributed by atoms with E-state index in [4.69, 9.17) is 4.74 Å². The van der Waals surface area contributed by atoms with Crippen LogP contribution in [0.1, 0.15) is 18.1 Å². The summed E-state index contributed by atoms with van der Waals surface area (Å²) in [6, 6.07) is 7.29. The molecule has 0 amide bonds. The number of ether oxygens (including phenoxy) is 1. The average Bonchev–Trinajstić information content (AvgIpc) is 2.20. The number of esters is 1. The van der Waals surface area contributed by atoms with Crippen LogP contribution in [0, 0.1) is 0 Å². The zero-order chi connectivity index (χ0) is 12.0. The highest BCUT2D eigenvalue weighted by molar-refractivity contribution is 7.96. The summed E-state index contributed by atoms with van der Waals surface area (Å²) in [7, 11) is 0. The maximum atomic E-state index is 11.2. The van der Waals surface area contributed by atoms with Crippen LogP contribution in [0.2, 0.25) is 0 Å². The zero-order valence-electron chi connectivity index (χ0n) is 9.10. The van der Waals surface area contributed by atoms with Crippen LogP contribution in [0.15, 0.2) is 24.3 Å². The summed E-state index contributed by atoms with van der Waals surface area (Å²) < 4.78 is 4.84. The van der Waals surface area contributed by atoms with Crippen LogP contribution in [-0.4, -0.2) is 17.7 Å². The molecular weight excluding hydrogens is 224 g/mol. The summed E-state index contributed by atoms with van der Waals surface area (Å²) in [5.74, 6) is -0.236. The van der Waals surface area contributed by atoms with Crippen LogP contribution in [0.25, 0.3) is 0 Å². The molecule has 0 aliphatic rings. The van der Waals surface area contributed by atoms with Crippen molar-refractivity contribution in [3.63, 3.8) is 0 Å². The van der Waals surface area contributed by atoms with E-state index in [0.717, 1.165) is 11.1 Å². The maximum absolute atomic E-state index is 11.2. The monoisotopic (exact) mass is 238 g/mol. The standard InChI is InChI=1S/C12H14O3S/c1-2-15-11(13)7-9-3-5-10(6-4-9)8-12(14)16/h3-6H,2,7-8H2,1H3,(H,14,16). The molecule has 0 bridgehead atoms. The molecule has 0 heterocycles. The van der Waals surface area contributed by atoms with Gasteiger partial charge in [-0.15, -0.1) is 12.6 Å². The lowest BCUT2D eigenvalue weighted by molar-refractivity contribution is -0.142. The molecule has 0 unspecified atom stereocenters. The SMILES string of the molecule is CCOC(=O)Cc1ccc(CC(=O)S)cc1. The average molecular weight is 238 g/mol. The van der Waals surface area contributed by atoms with Gasteiger partial charge in [-0.1, -0.05) is 24.3 Å². The van der Waals surface area contributed by atoms with Crippen molar-refractivity contribution in [2.45, 2.75) is 19.8 Å². The van der Waals surface area contributed by atoms with Crippen LogP contribution in [0.4, 0.5) is 0 Å². The topological polar surface area (TPSA) is 43.4 Å². The first-order valence-corrected chi connectivity index (χ1v) is 5.51. The highest BCUT2D eigenvalue weighted by Gasteiger charge is 2.04. The number of thiol groups is 1. The Labute approximate surface area is 100 Å². The summed E-state index contributed by atoms with van der Waals surface area (Å²) in [5, 5.41) is -0.168. The van der Waals surface area contributed by atoms with Crippen molar-refractivity contribution < 1.29 is 14.3 Å². The Morgan fingerprint density at radius 2 is 1.62 bits per heavy atom. The second-order valence-electron chi connectivity index (χ2n) is 3.37. The molecule has 0 aromatic heterocycles. The van der Waals surface area contributed by atoms with Gasteiger partial charge in [0.1, 0.15) is 0 Å². The Kier molecular flexibility index (Phi) is 5.05. The largest absolute Gasteiger partial charge is 0.466 e. The van der Waals surface area contributed by atoms with E-state index in [1.807, 2.05) is 24.3 Å². The van der Waals surface area contributed by atoms with Gasteiger partial charge in [0, 0.05) is 6.42 Å². The molecule has 0 saturated carbocycles. The molecule has 86 valence electrons. The fourth-order valence-corrected chi connectivity index (χ4v) is 1.51. The van der Waals surface area contributed by atoms with Crippen LogP contribution >= 0.6 is 12.6 Å². The zero-order valence-corrected chi connectivity index (χ0v) is 10.00. The van der Waals surface area contributed by atoms with Gasteiger partial charge >= 0.3 is 5.97 Å². The molecule has 4 heteroatoms. The van der Waals surface area contributed by atoms with Crippen molar-refractivity contribution in [1.82, 2.24) is 0 Å². The van der Waals surface area contributed by atoms with E-state index in [1.54, 1.807) is 6.92 Å². The molecule has 0 aliphatic carbocycles. The van der Waals surface area contributed by atoms with Gasteiger partial charge in [-0.25, -0.2) is 0 Å². The van der Waals surface area contributed by atoms with Crippen molar-refractivity contribution >= 4 is 23.7 Å². The normalized spacial score (nSPS) is 9.88. The Balaban J connectivity index is 2.57. The molecule has 0 radical (unpaired) electrons. The van der Waals surface area contributed by atoms with Gasteiger partial charge < -0.3 is 4.74 Å². The van der Waals surface area contributed by atoms with Crippen molar-refractivity contribution in [1.29, 1.82) is 0 Å².